The van der Waals surface area contributed by atoms with Crippen LogP contribution in [0.4, 0.5) is 0 Å². The van der Waals surface area contributed by atoms with E-state index in [0.717, 1.165) is 18.8 Å². The molecule has 3 heteroatoms. The summed E-state index contributed by atoms with van der Waals surface area (Å²) in [6, 6.07) is 0. The molecule has 0 fully saturated rings. The molecule has 1 aliphatic rings. The van der Waals surface area contributed by atoms with Crippen molar-refractivity contribution in [2.75, 3.05) is 13.1 Å². The number of nitrogens with one attached hydrogen (secondary N) is 2. The third-order valence-electron chi connectivity index (χ3n) is 1.37. The summed E-state index contributed by atoms with van der Waals surface area (Å²) in [4.78, 5) is 4.24. The molecule has 2 N–H and O–H groups in total. The van der Waals surface area contributed by atoms with Crippen LogP contribution in [0.5, 0.6) is 0 Å². The van der Waals surface area contributed by atoms with Crippen LogP contribution in [0.2, 0.25) is 0 Å². The zero-order valence-corrected chi connectivity index (χ0v) is 6.78. The molecule has 0 spiro atoms. The Balaban J connectivity index is 2.31. The fourth-order valence-electron chi connectivity index (χ4n) is 0.759. The van der Waals surface area contributed by atoms with E-state index >= 15 is 0 Å². The molecule has 60 valence electrons. The summed E-state index contributed by atoms with van der Waals surface area (Å²) in [7, 11) is 0. The normalized spacial score (nSPS) is 18.8. The van der Waals surface area contributed by atoms with E-state index in [1.807, 2.05) is 0 Å². The molecule has 0 aromatic rings. The molecule has 3 nitrogen and oxygen atoms in total. The lowest BCUT2D eigenvalue weighted by atomic mass is 10.3. The second-order valence-corrected chi connectivity index (χ2v) is 2.36. The highest BCUT2D eigenvalue weighted by atomic mass is 15.4. The van der Waals surface area contributed by atoms with E-state index in [2.05, 4.69) is 34.6 Å². The molecule has 0 bridgehead atoms. The predicted molar refractivity (Wildman–Crippen MR) is 46.1 cm³/mol. The van der Waals surface area contributed by atoms with Crippen LogP contribution in [0.15, 0.2) is 4.99 Å². The Hall–Kier alpha value is -1.01. The molecular weight excluding hydrogens is 138 g/mol. The fourth-order valence-corrected chi connectivity index (χ4v) is 0.759. The zero-order chi connectivity index (χ0) is 7.94. The van der Waals surface area contributed by atoms with E-state index in [9.17, 15) is 0 Å². The summed E-state index contributed by atoms with van der Waals surface area (Å²) in [6.07, 6.45) is 2.31. The Bertz CT molecular complexity index is 197. The largest absolute Gasteiger partial charge is 0.298 e. The lowest BCUT2D eigenvalue weighted by Gasteiger charge is -2.06. The summed E-state index contributed by atoms with van der Waals surface area (Å²) in [5.41, 5.74) is 5.81. The van der Waals surface area contributed by atoms with Gasteiger partial charge in [0.05, 0.1) is 6.54 Å². The van der Waals surface area contributed by atoms with Gasteiger partial charge in [-0.1, -0.05) is 19.3 Å². The van der Waals surface area contributed by atoms with Crippen LogP contribution >= 0.6 is 0 Å². The van der Waals surface area contributed by atoms with Crippen LogP contribution in [0.3, 0.4) is 0 Å². The number of hydrogen-bond acceptors (Lipinski definition) is 2. The van der Waals surface area contributed by atoms with Gasteiger partial charge in [-0.25, -0.2) is 5.43 Å². The quantitative estimate of drug-likeness (QED) is 0.449. The number of unbranched alkanes of at least 4 members (excludes halogenated alkanes) is 1. The van der Waals surface area contributed by atoms with Crippen LogP contribution in [0, 0.1) is 11.8 Å². The molecule has 1 heterocycles. The molecule has 11 heavy (non-hydrogen) atoms. The van der Waals surface area contributed by atoms with Gasteiger partial charge in [-0.2, -0.15) is 0 Å². The number of hydrogen-bond donors (Lipinski definition) is 2. The molecule has 0 saturated heterocycles. The van der Waals surface area contributed by atoms with Crippen LogP contribution in [0.25, 0.3) is 0 Å². The number of hydrazine groups is 1. The van der Waals surface area contributed by atoms with Crippen molar-refractivity contribution in [3.05, 3.63) is 0 Å². The van der Waals surface area contributed by atoms with Crippen molar-refractivity contribution >= 4 is 5.84 Å². The summed E-state index contributed by atoms with van der Waals surface area (Å²) in [5.74, 6) is 6.58. The molecule has 0 radical (unpaired) electrons. The van der Waals surface area contributed by atoms with Crippen molar-refractivity contribution in [3.8, 4) is 11.8 Å². The summed E-state index contributed by atoms with van der Waals surface area (Å²) in [5, 5.41) is 0. The van der Waals surface area contributed by atoms with Crippen molar-refractivity contribution in [2.24, 2.45) is 4.99 Å². The maximum atomic E-state index is 4.24. The second-order valence-electron chi connectivity index (χ2n) is 2.36. The first-order valence-corrected chi connectivity index (χ1v) is 3.95. The monoisotopic (exact) mass is 151 g/mol. The van der Waals surface area contributed by atoms with Crippen molar-refractivity contribution < 1.29 is 0 Å². The van der Waals surface area contributed by atoms with Gasteiger partial charge in [0.2, 0.25) is 0 Å². The van der Waals surface area contributed by atoms with E-state index in [4.69, 9.17) is 0 Å². The Kier molecular flexibility index (Phi) is 3.49. The predicted octanol–water partition coefficient (Wildman–Crippen LogP) is 0.296. The average molecular weight is 151 g/mol. The number of amidine groups is 1. The third-order valence-corrected chi connectivity index (χ3v) is 1.37. The van der Waals surface area contributed by atoms with E-state index in [1.54, 1.807) is 0 Å². The molecule has 1 aliphatic heterocycles. The van der Waals surface area contributed by atoms with Crippen molar-refractivity contribution in [3.63, 3.8) is 0 Å². The van der Waals surface area contributed by atoms with E-state index in [1.165, 1.54) is 6.42 Å². The highest BCUT2D eigenvalue weighted by Crippen LogP contribution is 1.87. The first-order valence-electron chi connectivity index (χ1n) is 3.95. The SMILES string of the molecule is CCCCN=C1C#CCNN1. The molecule has 0 amide bonds. The van der Waals surface area contributed by atoms with E-state index < -0.39 is 0 Å². The number of aliphatic imine (C=N–C) groups is 1. The molecule has 0 aromatic heterocycles. The van der Waals surface area contributed by atoms with Crippen molar-refractivity contribution in [2.45, 2.75) is 19.8 Å². The second kappa shape index (κ2) is 4.75. The molecule has 0 saturated carbocycles. The van der Waals surface area contributed by atoms with Gasteiger partial charge in [-0.05, 0) is 12.3 Å². The Morgan fingerprint density at radius 1 is 1.64 bits per heavy atom. The van der Waals surface area contributed by atoms with Gasteiger partial charge in [0, 0.05) is 6.54 Å². The minimum Gasteiger partial charge on any atom is -0.298 e. The van der Waals surface area contributed by atoms with Gasteiger partial charge in [-0.3, -0.25) is 10.4 Å². The highest BCUT2D eigenvalue weighted by Gasteiger charge is 1.94. The lowest BCUT2D eigenvalue weighted by molar-refractivity contribution is 0.711. The van der Waals surface area contributed by atoms with Crippen LogP contribution < -0.4 is 10.9 Å². The molecule has 0 unspecified atom stereocenters. The van der Waals surface area contributed by atoms with Crippen molar-refractivity contribution in [1.29, 1.82) is 0 Å². The maximum absolute atomic E-state index is 4.24. The summed E-state index contributed by atoms with van der Waals surface area (Å²) in [6.45, 7) is 3.72. The fraction of sp³-hybridized carbons (Fsp3) is 0.625. The number of nitrogens with zero attached hydrogens (tertiary/aromatic N) is 1. The van der Waals surface area contributed by atoms with Gasteiger partial charge in [0.15, 0.2) is 5.84 Å². The molecular formula is C8H13N3. The van der Waals surface area contributed by atoms with Crippen LogP contribution in [-0.2, 0) is 0 Å². The Morgan fingerprint density at radius 3 is 3.18 bits per heavy atom. The van der Waals surface area contributed by atoms with E-state index in [-0.39, 0.29) is 0 Å². The molecule has 0 aliphatic carbocycles. The first-order chi connectivity index (χ1) is 5.43. The van der Waals surface area contributed by atoms with Gasteiger partial charge in [-0.15, -0.1) is 0 Å². The first kappa shape index (κ1) is 8.09. The maximum Gasteiger partial charge on any atom is 0.188 e. The smallest absolute Gasteiger partial charge is 0.188 e. The average Bonchev–Trinajstić information content (AvgIpc) is 2.07. The van der Waals surface area contributed by atoms with E-state index in [0.29, 0.717) is 6.54 Å². The molecule has 1 rings (SSSR count). The molecule has 0 atom stereocenters. The van der Waals surface area contributed by atoms with Gasteiger partial charge in [0.25, 0.3) is 0 Å². The van der Waals surface area contributed by atoms with Gasteiger partial charge < -0.3 is 0 Å². The van der Waals surface area contributed by atoms with Crippen LogP contribution in [-0.4, -0.2) is 18.9 Å². The van der Waals surface area contributed by atoms with Gasteiger partial charge in [0.1, 0.15) is 0 Å². The Labute approximate surface area is 67.3 Å². The van der Waals surface area contributed by atoms with Crippen molar-refractivity contribution in [1.82, 2.24) is 10.9 Å². The van der Waals surface area contributed by atoms with Crippen LogP contribution in [0.1, 0.15) is 19.8 Å². The minimum atomic E-state index is 0.701. The summed E-state index contributed by atoms with van der Waals surface area (Å²) >= 11 is 0. The third kappa shape index (κ3) is 3.06. The highest BCUT2D eigenvalue weighted by molar-refractivity contribution is 5.98. The Morgan fingerprint density at radius 2 is 2.55 bits per heavy atom. The summed E-state index contributed by atoms with van der Waals surface area (Å²) < 4.78 is 0. The lowest BCUT2D eigenvalue weighted by Crippen LogP contribution is -2.39. The number of rotatable bonds is 3. The topological polar surface area (TPSA) is 36.4 Å². The molecule has 0 aromatic carbocycles. The minimum absolute atomic E-state index is 0.701. The van der Waals surface area contributed by atoms with Gasteiger partial charge >= 0.3 is 0 Å². The zero-order valence-electron chi connectivity index (χ0n) is 6.78. The standard InChI is InChI=1S/C8H13N3/c1-2-3-6-9-8-5-4-7-10-11-8/h10H,2-3,6-7H2,1H3,(H,9,11).